The average Bonchev–Trinajstić information content (AvgIpc) is 3.32. The molecule has 0 N–H and O–H groups in total. The SMILES string of the molecule is O=C(c1ccco1)N1CCN([C@@H]2CC(=O)N(c3ccc(F)c(Cl)c3)C2=O)CC1. The Labute approximate surface area is 165 Å². The fraction of sp³-hybridized carbons (Fsp3) is 0.316. The number of amides is 3. The van der Waals surface area contributed by atoms with Gasteiger partial charge in [0, 0.05) is 26.2 Å². The molecule has 0 aliphatic carbocycles. The van der Waals surface area contributed by atoms with Crippen molar-refractivity contribution < 1.29 is 23.2 Å². The van der Waals surface area contributed by atoms with Crippen LogP contribution in [0.25, 0.3) is 0 Å². The first-order valence-corrected chi connectivity index (χ1v) is 9.22. The second-order valence-corrected chi connectivity index (χ2v) is 7.10. The van der Waals surface area contributed by atoms with E-state index in [4.69, 9.17) is 16.0 Å². The van der Waals surface area contributed by atoms with Crippen molar-refractivity contribution in [3.63, 3.8) is 0 Å². The second kappa shape index (κ2) is 7.37. The second-order valence-electron chi connectivity index (χ2n) is 6.69. The van der Waals surface area contributed by atoms with Gasteiger partial charge in [0.1, 0.15) is 5.82 Å². The Bertz CT molecular complexity index is 925. The first kappa shape index (κ1) is 18.6. The first-order chi connectivity index (χ1) is 13.5. The van der Waals surface area contributed by atoms with E-state index >= 15 is 0 Å². The summed E-state index contributed by atoms with van der Waals surface area (Å²) in [5.41, 5.74) is 0.260. The third-order valence-corrected chi connectivity index (χ3v) is 5.35. The molecule has 4 rings (SSSR count). The lowest BCUT2D eigenvalue weighted by molar-refractivity contribution is -0.123. The Morgan fingerprint density at radius 3 is 2.54 bits per heavy atom. The van der Waals surface area contributed by atoms with Crippen LogP contribution in [-0.2, 0) is 9.59 Å². The highest BCUT2D eigenvalue weighted by Gasteiger charge is 2.43. The summed E-state index contributed by atoms with van der Waals surface area (Å²) in [6, 6.07) is 6.43. The highest BCUT2D eigenvalue weighted by atomic mass is 35.5. The summed E-state index contributed by atoms with van der Waals surface area (Å²) in [7, 11) is 0. The van der Waals surface area contributed by atoms with Gasteiger partial charge in [-0.25, -0.2) is 9.29 Å². The number of hydrogen-bond donors (Lipinski definition) is 0. The number of rotatable bonds is 3. The standard InChI is InChI=1S/C19H17ClFN3O4/c20-13-10-12(3-4-14(13)21)24-17(25)11-15(18(24)26)22-5-7-23(8-6-22)19(27)16-2-1-9-28-16/h1-4,9-10,15H,5-8,11H2/t15-/m1/s1. The number of carbonyl (C=O) groups excluding carboxylic acids is 3. The van der Waals surface area contributed by atoms with E-state index in [1.54, 1.807) is 17.0 Å². The van der Waals surface area contributed by atoms with E-state index in [-0.39, 0.29) is 40.6 Å². The minimum atomic E-state index is -0.613. The molecule has 0 saturated carbocycles. The summed E-state index contributed by atoms with van der Waals surface area (Å²) >= 11 is 5.78. The van der Waals surface area contributed by atoms with E-state index < -0.39 is 11.9 Å². The molecule has 0 bridgehead atoms. The molecule has 0 radical (unpaired) electrons. The lowest BCUT2D eigenvalue weighted by atomic mass is 10.1. The first-order valence-electron chi connectivity index (χ1n) is 8.84. The van der Waals surface area contributed by atoms with Crippen molar-refractivity contribution in [3.05, 3.63) is 53.2 Å². The molecule has 9 heteroatoms. The smallest absolute Gasteiger partial charge is 0.289 e. The van der Waals surface area contributed by atoms with Crippen molar-refractivity contribution in [2.45, 2.75) is 12.5 Å². The van der Waals surface area contributed by atoms with E-state index in [0.717, 1.165) is 11.0 Å². The fourth-order valence-corrected chi connectivity index (χ4v) is 3.76. The van der Waals surface area contributed by atoms with Gasteiger partial charge in [0.05, 0.1) is 29.4 Å². The molecule has 1 aromatic heterocycles. The van der Waals surface area contributed by atoms with Gasteiger partial charge in [-0.1, -0.05) is 11.6 Å². The van der Waals surface area contributed by atoms with Crippen molar-refractivity contribution in [2.24, 2.45) is 0 Å². The number of imide groups is 1. The summed E-state index contributed by atoms with van der Waals surface area (Å²) in [4.78, 5) is 42.2. The lowest BCUT2D eigenvalue weighted by Crippen LogP contribution is -2.53. The molecule has 1 atom stereocenters. The van der Waals surface area contributed by atoms with Gasteiger partial charge in [0.15, 0.2) is 5.76 Å². The van der Waals surface area contributed by atoms with Gasteiger partial charge in [-0.05, 0) is 30.3 Å². The zero-order chi connectivity index (χ0) is 19.8. The van der Waals surface area contributed by atoms with E-state index in [0.29, 0.717) is 26.2 Å². The van der Waals surface area contributed by atoms with Crippen molar-refractivity contribution in [1.29, 1.82) is 0 Å². The van der Waals surface area contributed by atoms with Crippen LogP contribution in [-0.4, -0.2) is 59.7 Å². The van der Waals surface area contributed by atoms with Crippen LogP contribution in [0.2, 0.25) is 5.02 Å². The number of nitrogens with zero attached hydrogens (tertiary/aromatic N) is 3. The topological polar surface area (TPSA) is 74.1 Å². The van der Waals surface area contributed by atoms with Crippen molar-refractivity contribution in [2.75, 3.05) is 31.1 Å². The van der Waals surface area contributed by atoms with E-state index in [1.807, 2.05) is 4.90 Å². The van der Waals surface area contributed by atoms with Crippen LogP contribution >= 0.6 is 11.6 Å². The minimum Gasteiger partial charge on any atom is -0.459 e. The summed E-state index contributed by atoms with van der Waals surface area (Å²) < 4.78 is 18.5. The average molecular weight is 406 g/mol. The molecule has 2 aromatic rings. The maximum absolute atomic E-state index is 13.4. The number of carbonyl (C=O) groups is 3. The molecule has 2 saturated heterocycles. The number of piperazine rings is 1. The van der Waals surface area contributed by atoms with Gasteiger partial charge in [0.25, 0.3) is 11.8 Å². The maximum atomic E-state index is 13.4. The molecule has 1 aromatic carbocycles. The van der Waals surface area contributed by atoms with Crippen LogP contribution in [0.5, 0.6) is 0 Å². The highest BCUT2D eigenvalue weighted by Crippen LogP contribution is 2.29. The van der Waals surface area contributed by atoms with Crippen molar-refractivity contribution in [1.82, 2.24) is 9.80 Å². The third kappa shape index (κ3) is 3.29. The van der Waals surface area contributed by atoms with Crippen LogP contribution in [0, 0.1) is 5.82 Å². The Morgan fingerprint density at radius 2 is 1.89 bits per heavy atom. The number of anilines is 1. The Balaban J connectivity index is 1.43. The fourth-order valence-electron chi connectivity index (χ4n) is 3.59. The van der Waals surface area contributed by atoms with E-state index in [1.165, 1.54) is 18.4 Å². The lowest BCUT2D eigenvalue weighted by Gasteiger charge is -2.36. The van der Waals surface area contributed by atoms with Gasteiger partial charge in [-0.3, -0.25) is 19.3 Å². The van der Waals surface area contributed by atoms with E-state index in [2.05, 4.69) is 0 Å². The molecule has 7 nitrogen and oxygen atoms in total. The monoisotopic (exact) mass is 405 g/mol. The third-order valence-electron chi connectivity index (χ3n) is 5.06. The van der Waals surface area contributed by atoms with Gasteiger partial charge in [0.2, 0.25) is 5.91 Å². The summed E-state index contributed by atoms with van der Waals surface area (Å²) in [6.45, 7) is 1.79. The number of halogens is 2. The Kier molecular flexibility index (Phi) is 4.91. The predicted octanol–water partition coefficient (Wildman–Crippen LogP) is 2.16. The zero-order valence-electron chi connectivity index (χ0n) is 14.8. The molecule has 3 amide bonds. The van der Waals surface area contributed by atoms with Crippen LogP contribution in [0.3, 0.4) is 0 Å². The molecule has 146 valence electrons. The molecule has 0 unspecified atom stereocenters. The molecule has 0 spiro atoms. The number of benzene rings is 1. The van der Waals surface area contributed by atoms with Crippen LogP contribution in [0.4, 0.5) is 10.1 Å². The van der Waals surface area contributed by atoms with Crippen molar-refractivity contribution in [3.8, 4) is 0 Å². The van der Waals surface area contributed by atoms with Crippen molar-refractivity contribution >= 4 is 35.0 Å². The quantitative estimate of drug-likeness (QED) is 0.732. The summed E-state index contributed by atoms with van der Waals surface area (Å²) in [5, 5.41) is -0.147. The molecule has 2 fully saturated rings. The van der Waals surface area contributed by atoms with E-state index in [9.17, 15) is 18.8 Å². The molecular weight excluding hydrogens is 389 g/mol. The van der Waals surface area contributed by atoms with Crippen LogP contribution in [0.15, 0.2) is 41.0 Å². The number of furan rings is 1. The predicted molar refractivity (Wildman–Crippen MR) is 98.5 cm³/mol. The van der Waals surface area contributed by atoms with Gasteiger partial charge in [-0.2, -0.15) is 0 Å². The number of hydrogen-bond acceptors (Lipinski definition) is 5. The van der Waals surface area contributed by atoms with Gasteiger partial charge in [-0.15, -0.1) is 0 Å². The largest absolute Gasteiger partial charge is 0.459 e. The van der Waals surface area contributed by atoms with Crippen LogP contribution in [0.1, 0.15) is 17.0 Å². The minimum absolute atomic E-state index is 0.0416. The van der Waals surface area contributed by atoms with Crippen LogP contribution < -0.4 is 4.90 Å². The van der Waals surface area contributed by atoms with Gasteiger partial charge >= 0.3 is 0 Å². The summed E-state index contributed by atoms with van der Waals surface area (Å²) in [5.74, 6) is -1.25. The highest BCUT2D eigenvalue weighted by molar-refractivity contribution is 6.31. The normalized spacial score (nSPS) is 20.9. The maximum Gasteiger partial charge on any atom is 0.289 e. The molecule has 2 aliphatic rings. The Hall–Kier alpha value is -2.71. The Morgan fingerprint density at radius 1 is 1.14 bits per heavy atom. The zero-order valence-corrected chi connectivity index (χ0v) is 15.6. The molecule has 3 heterocycles. The summed E-state index contributed by atoms with van der Waals surface area (Å²) in [6.07, 6.45) is 1.49. The molecule has 28 heavy (non-hydrogen) atoms. The van der Waals surface area contributed by atoms with Gasteiger partial charge < -0.3 is 9.32 Å². The molecule has 2 aliphatic heterocycles. The molecular formula is C19H17ClFN3O4.